The van der Waals surface area contributed by atoms with Crippen molar-refractivity contribution >= 4 is 28.6 Å². The van der Waals surface area contributed by atoms with Gasteiger partial charge in [-0.25, -0.2) is 4.98 Å². The molecule has 0 unspecified atom stereocenters. The molecule has 2 N–H and O–H groups in total. The molecular weight excluding hydrogens is 258 g/mol. The maximum absolute atomic E-state index is 11.4. The number of thiazole rings is 1. The van der Waals surface area contributed by atoms with Gasteiger partial charge >= 0.3 is 0 Å². The summed E-state index contributed by atoms with van der Waals surface area (Å²) < 4.78 is 0. The molecule has 19 heavy (non-hydrogen) atoms. The van der Waals surface area contributed by atoms with Crippen LogP contribution in [0.4, 0.5) is 11.4 Å². The van der Waals surface area contributed by atoms with Gasteiger partial charge < -0.3 is 10.6 Å². The molecular formula is C14H17N3OS. The van der Waals surface area contributed by atoms with E-state index in [-0.39, 0.29) is 5.91 Å². The molecule has 2 aromatic rings. The summed E-state index contributed by atoms with van der Waals surface area (Å²) in [7, 11) is 0. The van der Waals surface area contributed by atoms with Crippen molar-refractivity contribution in [1.29, 1.82) is 0 Å². The van der Waals surface area contributed by atoms with Crippen LogP contribution in [0.5, 0.6) is 0 Å². The molecule has 0 aliphatic carbocycles. The highest BCUT2D eigenvalue weighted by molar-refractivity contribution is 7.07. The van der Waals surface area contributed by atoms with E-state index < -0.39 is 0 Å². The van der Waals surface area contributed by atoms with E-state index in [0.29, 0.717) is 13.0 Å². The molecule has 1 heterocycles. The molecule has 1 amide bonds. The number of anilines is 2. The van der Waals surface area contributed by atoms with E-state index >= 15 is 0 Å². The zero-order valence-electron chi connectivity index (χ0n) is 11.1. The van der Waals surface area contributed by atoms with Gasteiger partial charge in [0.15, 0.2) is 0 Å². The molecule has 0 spiro atoms. The van der Waals surface area contributed by atoms with Crippen molar-refractivity contribution in [1.82, 2.24) is 4.98 Å². The Hall–Kier alpha value is -1.88. The van der Waals surface area contributed by atoms with Crippen LogP contribution in [0, 0.1) is 6.92 Å². The Morgan fingerprint density at radius 2 is 2.26 bits per heavy atom. The van der Waals surface area contributed by atoms with Crippen LogP contribution in [0.2, 0.25) is 0 Å². The number of hydrogen-bond acceptors (Lipinski definition) is 4. The van der Waals surface area contributed by atoms with Gasteiger partial charge in [0.25, 0.3) is 0 Å². The molecule has 1 aromatic heterocycles. The first-order valence-electron chi connectivity index (χ1n) is 6.20. The fraction of sp³-hybridized carbons (Fsp3) is 0.286. The van der Waals surface area contributed by atoms with Crippen LogP contribution in [0.25, 0.3) is 0 Å². The summed E-state index contributed by atoms with van der Waals surface area (Å²) in [6, 6.07) is 5.86. The van der Waals surface area contributed by atoms with E-state index in [2.05, 4.69) is 15.6 Å². The maximum atomic E-state index is 11.4. The van der Waals surface area contributed by atoms with E-state index in [0.717, 1.165) is 22.6 Å². The quantitative estimate of drug-likeness (QED) is 0.879. The minimum Gasteiger partial charge on any atom is -0.379 e. The molecule has 0 radical (unpaired) electrons. The average Bonchev–Trinajstić information content (AvgIpc) is 2.92. The highest BCUT2D eigenvalue weighted by Crippen LogP contribution is 2.21. The zero-order chi connectivity index (χ0) is 13.7. The maximum Gasteiger partial charge on any atom is 0.224 e. The molecule has 5 heteroatoms. The molecule has 0 atom stereocenters. The van der Waals surface area contributed by atoms with Crippen LogP contribution in [-0.4, -0.2) is 10.9 Å². The third-order valence-electron chi connectivity index (χ3n) is 2.79. The summed E-state index contributed by atoms with van der Waals surface area (Å²) in [6.07, 6.45) is 0.482. The molecule has 0 saturated heterocycles. The van der Waals surface area contributed by atoms with E-state index in [1.807, 2.05) is 42.9 Å². The van der Waals surface area contributed by atoms with E-state index in [1.54, 1.807) is 11.3 Å². The molecule has 0 aliphatic rings. The third kappa shape index (κ3) is 3.79. The SMILES string of the molecule is CCC(=O)Nc1ccc(C)c(NCc2cscn2)c1. The topological polar surface area (TPSA) is 54.0 Å². The summed E-state index contributed by atoms with van der Waals surface area (Å²) in [5.74, 6) is 0.0225. The van der Waals surface area contributed by atoms with Crippen molar-refractivity contribution in [2.45, 2.75) is 26.8 Å². The van der Waals surface area contributed by atoms with Gasteiger partial charge in [-0.15, -0.1) is 11.3 Å². The van der Waals surface area contributed by atoms with Crippen molar-refractivity contribution in [3.05, 3.63) is 40.3 Å². The van der Waals surface area contributed by atoms with Gasteiger partial charge in [-0.1, -0.05) is 13.0 Å². The largest absolute Gasteiger partial charge is 0.379 e. The van der Waals surface area contributed by atoms with Gasteiger partial charge in [0, 0.05) is 23.2 Å². The molecule has 0 fully saturated rings. The highest BCUT2D eigenvalue weighted by Gasteiger charge is 2.03. The monoisotopic (exact) mass is 275 g/mol. The van der Waals surface area contributed by atoms with E-state index in [4.69, 9.17) is 0 Å². The molecule has 1 aromatic carbocycles. The summed E-state index contributed by atoms with van der Waals surface area (Å²) in [5, 5.41) is 8.22. The van der Waals surface area contributed by atoms with Gasteiger partial charge in [0.1, 0.15) is 0 Å². The Bertz CT molecular complexity index is 552. The number of nitrogens with one attached hydrogen (secondary N) is 2. The molecule has 2 rings (SSSR count). The number of nitrogens with zero attached hydrogens (tertiary/aromatic N) is 1. The first kappa shape index (κ1) is 13.5. The number of aromatic nitrogens is 1. The van der Waals surface area contributed by atoms with Crippen molar-refractivity contribution in [3.63, 3.8) is 0 Å². The van der Waals surface area contributed by atoms with Crippen LogP contribution in [0.15, 0.2) is 29.1 Å². The predicted molar refractivity (Wildman–Crippen MR) is 79.5 cm³/mol. The second-order valence-corrected chi connectivity index (χ2v) is 4.98. The molecule has 0 bridgehead atoms. The van der Waals surface area contributed by atoms with Crippen LogP contribution in [0.3, 0.4) is 0 Å². The van der Waals surface area contributed by atoms with Crippen LogP contribution >= 0.6 is 11.3 Å². The van der Waals surface area contributed by atoms with Gasteiger partial charge in [-0.3, -0.25) is 4.79 Å². The summed E-state index contributed by atoms with van der Waals surface area (Å²) in [6.45, 7) is 4.56. The first-order valence-corrected chi connectivity index (χ1v) is 7.14. The van der Waals surface area contributed by atoms with Gasteiger partial charge in [-0.05, 0) is 24.6 Å². The van der Waals surface area contributed by atoms with Gasteiger partial charge in [0.2, 0.25) is 5.91 Å². The fourth-order valence-electron chi connectivity index (χ4n) is 1.65. The second kappa shape index (κ2) is 6.33. The number of carbonyl (C=O) groups excluding carboxylic acids is 1. The summed E-state index contributed by atoms with van der Waals surface area (Å²) >= 11 is 1.59. The molecule has 100 valence electrons. The van der Waals surface area contributed by atoms with Crippen molar-refractivity contribution < 1.29 is 4.79 Å². The third-order valence-corrected chi connectivity index (χ3v) is 3.42. The fourth-order valence-corrected chi connectivity index (χ4v) is 2.21. The Morgan fingerprint density at radius 1 is 1.42 bits per heavy atom. The number of amides is 1. The number of carbonyl (C=O) groups is 1. The number of aryl methyl sites for hydroxylation is 1. The standard InChI is InChI=1S/C14H17N3OS/c1-3-14(18)17-11-5-4-10(2)13(6-11)15-7-12-8-19-9-16-12/h4-6,8-9,15H,3,7H2,1-2H3,(H,17,18). The first-order chi connectivity index (χ1) is 9.19. The van der Waals surface area contributed by atoms with Crippen LogP contribution in [0.1, 0.15) is 24.6 Å². The minimum absolute atomic E-state index is 0.0225. The number of benzene rings is 1. The lowest BCUT2D eigenvalue weighted by Crippen LogP contribution is -2.10. The average molecular weight is 275 g/mol. The Balaban J connectivity index is 2.06. The highest BCUT2D eigenvalue weighted by atomic mass is 32.1. The van der Waals surface area contributed by atoms with Gasteiger partial charge in [-0.2, -0.15) is 0 Å². The second-order valence-electron chi connectivity index (χ2n) is 4.26. The lowest BCUT2D eigenvalue weighted by molar-refractivity contribution is -0.115. The molecule has 4 nitrogen and oxygen atoms in total. The zero-order valence-corrected chi connectivity index (χ0v) is 11.9. The Kier molecular flexibility index (Phi) is 4.52. The smallest absolute Gasteiger partial charge is 0.224 e. The molecule has 0 saturated carbocycles. The number of hydrogen-bond donors (Lipinski definition) is 2. The Morgan fingerprint density at radius 3 is 2.95 bits per heavy atom. The van der Waals surface area contributed by atoms with E-state index in [1.165, 1.54) is 0 Å². The van der Waals surface area contributed by atoms with Crippen LogP contribution < -0.4 is 10.6 Å². The van der Waals surface area contributed by atoms with Crippen molar-refractivity contribution in [2.24, 2.45) is 0 Å². The molecule has 0 aliphatic heterocycles. The lowest BCUT2D eigenvalue weighted by Gasteiger charge is -2.11. The Labute approximate surface area is 116 Å². The predicted octanol–water partition coefficient (Wildman–Crippen LogP) is 3.41. The summed E-state index contributed by atoms with van der Waals surface area (Å²) in [5.41, 5.74) is 5.82. The van der Waals surface area contributed by atoms with Gasteiger partial charge in [0.05, 0.1) is 17.7 Å². The minimum atomic E-state index is 0.0225. The summed E-state index contributed by atoms with van der Waals surface area (Å²) in [4.78, 5) is 15.6. The lowest BCUT2D eigenvalue weighted by atomic mass is 10.1. The van der Waals surface area contributed by atoms with Crippen molar-refractivity contribution in [3.8, 4) is 0 Å². The normalized spacial score (nSPS) is 10.2. The van der Waals surface area contributed by atoms with Crippen molar-refractivity contribution in [2.75, 3.05) is 10.6 Å². The van der Waals surface area contributed by atoms with E-state index in [9.17, 15) is 4.79 Å². The number of rotatable bonds is 5. The van der Waals surface area contributed by atoms with Crippen LogP contribution in [-0.2, 0) is 11.3 Å².